The van der Waals surface area contributed by atoms with Crippen LogP contribution in [-0.4, -0.2) is 43.4 Å². The summed E-state index contributed by atoms with van der Waals surface area (Å²) in [5, 5.41) is 4.16. The van der Waals surface area contributed by atoms with Crippen molar-refractivity contribution in [1.29, 1.82) is 0 Å². The molecule has 4 nitrogen and oxygen atoms in total. The van der Waals surface area contributed by atoms with Gasteiger partial charge in [-0.1, -0.05) is 30.3 Å². The molecule has 1 saturated heterocycles. The highest BCUT2D eigenvalue weighted by atomic mass is 32.2. The molecule has 1 unspecified atom stereocenters. The van der Waals surface area contributed by atoms with Crippen molar-refractivity contribution in [3.63, 3.8) is 0 Å². The third-order valence-corrected chi connectivity index (χ3v) is 7.69. The van der Waals surface area contributed by atoms with Crippen molar-refractivity contribution in [2.45, 2.75) is 24.8 Å². The van der Waals surface area contributed by atoms with Gasteiger partial charge in [0.1, 0.15) is 5.00 Å². The maximum absolute atomic E-state index is 13.0. The number of nitrogens with one attached hydrogen (secondary N) is 1. The highest BCUT2D eigenvalue weighted by molar-refractivity contribution is 7.98. The number of aryl methyl sites for hydroxylation is 1. The van der Waals surface area contributed by atoms with E-state index in [0.29, 0.717) is 5.56 Å². The first-order chi connectivity index (χ1) is 15.1. The molecule has 0 bridgehead atoms. The predicted octanol–water partition coefficient (Wildman–Crippen LogP) is 5.76. The number of nitrogens with zero attached hydrogens (tertiary/aromatic N) is 1. The van der Waals surface area contributed by atoms with Crippen LogP contribution in [0.2, 0.25) is 0 Å². The number of amides is 1. The van der Waals surface area contributed by atoms with E-state index in [4.69, 9.17) is 4.74 Å². The predicted molar refractivity (Wildman–Crippen MR) is 131 cm³/mol. The van der Waals surface area contributed by atoms with Gasteiger partial charge in [-0.05, 0) is 55.5 Å². The number of carbonyl (C=O) groups is 1. The van der Waals surface area contributed by atoms with E-state index in [-0.39, 0.29) is 11.9 Å². The van der Waals surface area contributed by atoms with Crippen LogP contribution in [0.1, 0.15) is 38.0 Å². The van der Waals surface area contributed by atoms with Crippen LogP contribution in [0, 0.1) is 13.8 Å². The summed E-state index contributed by atoms with van der Waals surface area (Å²) in [6, 6.07) is 18.3. The molecular weight excluding hydrogens is 424 g/mol. The smallest absolute Gasteiger partial charge is 0.256 e. The molecule has 1 aliphatic heterocycles. The zero-order valence-electron chi connectivity index (χ0n) is 18.2. The monoisotopic (exact) mass is 452 g/mol. The van der Waals surface area contributed by atoms with Crippen LogP contribution in [0.15, 0.2) is 59.5 Å². The summed E-state index contributed by atoms with van der Waals surface area (Å²) in [5.41, 5.74) is 4.37. The van der Waals surface area contributed by atoms with Gasteiger partial charge in [-0.2, -0.15) is 0 Å². The van der Waals surface area contributed by atoms with E-state index in [1.165, 1.54) is 26.5 Å². The number of ether oxygens (including phenoxy) is 1. The van der Waals surface area contributed by atoms with Crippen molar-refractivity contribution in [2.75, 3.05) is 37.9 Å². The van der Waals surface area contributed by atoms with Crippen LogP contribution in [-0.2, 0) is 4.74 Å². The second-order valence-corrected chi connectivity index (χ2v) is 9.77. The first kappa shape index (κ1) is 22.1. The number of anilines is 1. The molecule has 1 N–H and O–H groups in total. The second-order valence-electron chi connectivity index (χ2n) is 7.67. The largest absolute Gasteiger partial charge is 0.379 e. The number of benzene rings is 2. The minimum absolute atomic E-state index is 0.0680. The van der Waals surface area contributed by atoms with Gasteiger partial charge in [-0.15, -0.1) is 23.1 Å². The Morgan fingerprint density at radius 3 is 2.39 bits per heavy atom. The molecule has 162 valence electrons. The highest BCUT2D eigenvalue weighted by Crippen LogP contribution is 2.42. The minimum Gasteiger partial charge on any atom is -0.379 e. The van der Waals surface area contributed by atoms with Crippen LogP contribution < -0.4 is 5.32 Å². The number of thiophene rings is 1. The molecule has 4 rings (SSSR count). The van der Waals surface area contributed by atoms with Crippen molar-refractivity contribution in [1.82, 2.24) is 4.90 Å². The van der Waals surface area contributed by atoms with E-state index in [0.717, 1.165) is 31.3 Å². The number of thioether (sulfide) groups is 1. The van der Waals surface area contributed by atoms with Crippen molar-refractivity contribution in [3.8, 4) is 0 Å². The zero-order valence-corrected chi connectivity index (χ0v) is 19.8. The maximum Gasteiger partial charge on any atom is 0.256 e. The first-order valence-electron chi connectivity index (χ1n) is 10.5. The third kappa shape index (κ3) is 4.88. The number of carbonyl (C=O) groups excluding carboxylic acids is 1. The Morgan fingerprint density at radius 2 is 1.74 bits per heavy atom. The van der Waals surface area contributed by atoms with E-state index >= 15 is 0 Å². The van der Waals surface area contributed by atoms with Crippen molar-refractivity contribution in [2.24, 2.45) is 0 Å². The molecule has 3 aromatic rings. The summed E-state index contributed by atoms with van der Waals surface area (Å²) in [5.74, 6) is -0.0680. The van der Waals surface area contributed by atoms with Crippen LogP contribution >= 0.6 is 23.1 Å². The third-order valence-electron chi connectivity index (χ3n) is 5.81. The number of morpholine rings is 1. The summed E-state index contributed by atoms with van der Waals surface area (Å²) < 4.78 is 5.63. The van der Waals surface area contributed by atoms with Gasteiger partial charge in [0.15, 0.2) is 0 Å². The number of hydrogen-bond acceptors (Lipinski definition) is 5. The van der Waals surface area contributed by atoms with Gasteiger partial charge in [0, 0.05) is 34.0 Å². The fourth-order valence-corrected chi connectivity index (χ4v) is 5.51. The summed E-state index contributed by atoms with van der Waals surface area (Å²) in [4.78, 5) is 17.9. The van der Waals surface area contributed by atoms with Crippen molar-refractivity contribution >= 4 is 34.0 Å². The average Bonchev–Trinajstić information content (AvgIpc) is 3.09. The Labute approximate surface area is 192 Å². The van der Waals surface area contributed by atoms with Crippen LogP contribution in [0.3, 0.4) is 0 Å². The zero-order chi connectivity index (χ0) is 21.8. The van der Waals surface area contributed by atoms with Gasteiger partial charge >= 0.3 is 0 Å². The fraction of sp³-hybridized carbons (Fsp3) is 0.320. The topological polar surface area (TPSA) is 41.6 Å². The van der Waals surface area contributed by atoms with Gasteiger partial charge in [0.25, 0.3) is 5.91 Å². The Hall–Kier alpha value is -2.12. The van der Waals surface area contributed by atoms with Crippen molar-refractivity contribution < 1.29 is 9.53 Å². The minimum atomic E-state index is -0.0680. The lowest BCUT2D eigenvalue weighted by Gasteiger charge is -2.35. The SMILES string of the molecule is CSc1ccc(C(c2c(NC(=O)c3ccccc3)sc(C)c2C)N2CCOCC2)cc1. The second kappa shape index (κ2) is 10.0. The van der Waals surface area contributed by atoms with Crippen molar-refractivity contribution in [3.05, 3.63) is 81.7 Å². The van der Waals surface area contributed by atoms with Gasteiger partial charge in [0.2, 0.25) is 0 Å². The fourth-order valence-electron chi connectivity index (χ4n) is 4.01. The molecule has 6 heteroatoms. The molecule has 0 radical (unpaired) electrons. The highest BCUT2D eigenvalue weighted by Gasteiger charge is 2.30. The lowest BCUT2D eigenvalue weighted by atomic mass is 9.94. The van der Waals surface area contributed by atoms with E-state index in [1.807, 2.05) is 30.3 Å². The number of rotatable bonds is 6. The molecule has 1 amide bonds. The molecule has 2 aromatic carbocycles. The van der Waals surface area contributed by atoms with Gasteiger partial charge < -0.3 is 10.1 Å². The summed E-state index contributed by atoms with van der Waals surface area (Å²) in [6.07, 6.45) is 2.10. The summed E-state index contributed by atoms with van der Waals surface area (Å²) in [7, 11) is 0. The van der Waals surface area contributed by atoms with E-state index in [1.54, 1.807) is 23.1 Å². The molecule has 1 aliphatic rings. The normalized spacial score (nSPS) is 15.6. The van der Waals surface area contributed by atoms with Gasteiger partial charge in [-0.3, -0.25) is 9.69 Å². The van der Waals surface area contributed by atoms with E-state index in [2.05, 4.69) is 54.6 Å². The molecule has 1 atom stereocenters. The Morgan fingerprint density at radius 1 is 1.06 bits per heavy atom. The van der Waals surface area contributed by atoms with Gasteiger partial charge in [-0.25, -0.2) is 0 Å². The molecule has 0 aliphatic carbocycles. The summed E-state index contributed by atoms with van der Waals surface area (Å²) >= 11 is 3.41. The molecule has 1 aromatic heterocycles. The van der Waals surface area contributed by atoms with Crippen LogP contribution in [0.5, 0.6) is 0 Å². The van der Waals surface area contributed by atoms with Crippen LogP contribution in [0.25, 0.3) is 0 Å². The molecule has 31 heavy (non-hydrogen) atoms. The lowest BCUT2D eigenvalue weighted by Crippen LogP contribution is -2.39. The lowest BCUT2D eigenvalue weighted by molar-refractivity contribution is 0.0240. The summed E-state index contributed by atoms with van der Waals surface area (Å²) in [6.45, 7) is 7.50. The molecule has 0 spiro atoms. The number of hydrogen-bond donors (Lipinski definition) is 1. The van der Waals surface area contributed by atoms with Crippen LogP contribution in [0.4, 0.5) is 5.00 Å². The molecular formula is C25H28N2O2S2. The Bertz CT molecular complexity index is 1030. The standard InChI is InChI=1S/C25H28N2O2S2/c1-17-18(2)31-25(26-24(28)20-7-5-4-6-8-20)22(17)23(27-13-15-29-16-14-27)19-9-11-21(30-3)12-10-19/h4-12,23H,13-16H2,1-3H3,(H,26,28). The van der Waals surface area contributed by atoms with Gasteiger partial charge in [0.05, 0.1) is 19.3 Å². The maximum atomic E-state index is 13.0. The molecule has 1 fully saturated rings. The Balaban J connectivity index is 1.75. The van der Waals surface area contributed by atoms with E-state index in [9.17, 15) is 4.79 Å². The molecule has 2 heterocycles. The Kier molecular flexibility index (Phi) is 7.13. The molecule has 0 saturated carbocycles. The average molecular weight is 453 g/mol. The quantitative estimate of drug-likeness (QED) is 0.483. The van der Waals surface area contributed by atoms with E-state index < -0.39 is 0 Å². The first-order valence-corrected chi connectivity index (χ1v) is 12.5.